The Morgan fingerprint density at radius 1 is 0.448 bits per heavy atom. The molecule has 0 atom stereocenters. The molecule has 8 aromatic carbocycles. The van der Waals surface area contributed by atoms with Crippen molar-refractivity contribution in [2.24, 2.45) is 0 Å². The lowest BCUT2D eigenvalue weighted by atomic mass is 9.33. The van der Waals surface area contributed by atoms with Gasteiger partial charge in [-0.2, -0.15) is 0 Å². The molecule has 8 aromatic rings. The third kappa shape index (κ3) is 6.94. The Hall–Kier alpha value is -6.78. The third-order valence-electron chi connectivity index (χ3n) is 14.3. The lowest BCUT2D eigenvalue weighted by Gasteiger charge is -2.46. The maximum Gasteiger partial charge on any atom is 0.252 e. The van der Waals surface area contributed by atoms with Crippen LogP contribution >= 0.6 is 0 Å². The van der Waals surface area contributed by atoms with Gasteiger partial charge in [-0.15, -0.1) is 0 Å². The quantitative estimate of drug-likeness (QED) is 0.160. The largest absolute Gasteiger partial charge is 0.311 e. The van der Waals surface area contributed by atoms with Gasteiger partial charge in [-0.25, -0.2) is 0 Å². The van der Waals surface area contributed by atoms with Crippen molar-refractivity contribution in [2.75, 3.05) is 14.7 Å². The van der Waals surface area contributed by atoms with E-state index < -0.39 is 60.4 Å². The number of hydrogen-bond acceptors (Lipinski definition) is 3. The molecule has 0 saturated carbocycles. The van der Waals surface area contributed by atoms with Gasteiger partial charge in [0.05, 0.1) is 13.7 Å². The highest BCUT2D eigenvalue weighted by molar-refractivity contribution is 7.00. The van der Waals surface area contributed by atoms with Crippen molar-refractivity contribution >= 4 is 74.3 Å². The van der Waals surface area contributed by atoms with E-state index in [0.29, 0.717) is 5.69 Å². The average molecular weight is 882 g/mol. The van der Waals surface area contributed by atoms with Gasteiger partial charge >= 0.3 is 0 Å². The Kier molecular flexibility index (Phi) is 7.41. The second-order valence-corrected chi connectivity index (χ2v) is 22.0. The molecule has 3 aliphatic rings. The minimum atomic E-state index is -0.623. The second-order valence-electron chi connectivity index (χ2n) is 22.0. The SMILES string of the molecule is [2H]c1c([2H])c([2H])c(N(c2ccc3c(c2)N(c2ccc4c(c2)C(C)(C)c2ccccc2-4)c2cc(C(C)(C)C)cc4c2B3c2cc(C(C)(C)C)ccc2N4c2ccc(C(C)(C)C)cc2)c2c([2H])c([2H])c([2H])c([2H])c2[2H])c([2H])c1[2H]. The predicted molar refractivity (Wildman–Crippen MR) is 289 cm³/mol. The maximum atomic E-state index is 9.35. The molecule has 0 radical (unpaired) electrons. The van der Waals surface area contributed by atoms with E-state index in [-0.39, 0.29) is 45.4 Å². The minimum Gasteiger partial charge on any atom is -0.311 e. The third-order valence-corrected chi connectivity index (χ3v) is 14.3. The number of para-hydroxylation sites is 2. The van der Waals surface area contributed by atoms with Crippen LogP contribution in [0.15, 0.2) is 176 Å². The molecule has 0 saturated heterocycles. The zero-order valence-corrected chi connectivity index (χ0v) is 40.4. The molecular formula is C63H62BN3. The van der Waals surface area contributed by atoms with Crippen LogP contribution < -0.4 is 31.1 Å². The van der Waals surface area contributed by atoms with E-state index in [0.717, 1.165) is 67.1 Å². The normalized spacial score (nSPS) is 16.6. The zero-order valence-electron chi connectivity index (χ0n) is 50.4. The van der Waals surface area contributed by atoms with Gasteiger partial charge in [-0.1, -0.05) is 173 Å². The van der Waals surface area contributed by atoms with E-state index in [2.05, 4.69) is 183 Å². The molecule has 0 aromatic heterocycles. The number of benzene rings is 8. The molecule has 2 heterocycles. The maximum absolute atomic E-state index is 9.35. The molecule has 11 rings (SSSR count). The summed E-state index contributed by atoms with van der Waals surface area (Å²) in [5.41, 5.74) is 15.4. The standard InChI is InChI=1S/C63H62BN3/c1-60(2,3)41-26-29-46(30-27-41)66-55-35-28-42(61(4,5)6)36-54(55)64-53-34-32-48(65(44-20-14-12-15-21-44)45-22-16-13-17-23-45)40-56(53)67(58-38-43(62(7,8)9)37-57(66)59(58)64)47-31-33-50-49-24-18-19-25-51(49)63(10,11)52(50)39-47/h12-40H,1-11H3/i12D,13D,14D,15D,16D,17D,20D,21D,22D,23D. The van der Waals surface area contributed by atoms with E-state index in [4.69, 9.17) is 8.22 Å². The van der Waals surface area contributed by atoms with E-state index in [1.807, 2.05) is 12.1 Å². The van der Waals surface area contributed by atoms with Crippen LogP contribution in [0.2, 0.25) is 0 Å². The number of rotatable bonds is 5. The molecule has 4 heteroatoms. The van der Waals surface area contributed by atoms with Crippen LogP contribution in [-0.4, -0.2) is 6.71 Å². The fraction of sp³-hybridized carbons (Fsp3) is 0.238. The van der Waals surface area contributed by atoms with Crippen molar-refractivity contribution in [3.8, 4) is 11.1 Å². The molecule has 3 nitrogen and oxygen atoms in total. The van der Waals surface area contributed by atoms with Crippen molar-refractivity contribution in [2.45, 2.75) is 97.8 Å². The van der Waals surface area contributed by atoms with Gasteiger partial charge in [-0.3, -0.25) is 0 Å². The van der Waals surface area contributed by atoms with Gasteiger partial charge in [0.25, 0.3) is 6.71 Å². The molecule has 0 spiro atoms. The molecule has 67 heavy (non-hydrogen) atoms. The summed E-state index contributed by atoms with van der Waals surface area (Å²) in [6, 6.07) is 35.2. The Labute approximate surface area is 413 Å². The van der Waals surface area contributed by atoms with Crippen molar-refractivity contribution < 1.29 is 13.7 Å². The molecule has 1 aliphatic carbocycles. The predicted octanol–water partition coefficient (Wildman–Crippen LogP) is 15.4. The highest BCUT2D eigenvalue weighted by Crippen LogP contribution is 2.53. The highest BCUT2D eigenvalue weighted by atomic mass is 15.2. The van der Waals surface area contributed by atoms with E-state index in [9.17, 15) is 5.48 Å². The van der Waals surface area contributed by atoms with Crippen molar-refractivity contribution in [3.05, 3.63) is 204 Å². The summed E-state index contributed by atoms with van der Waals surface area (Å²) >= 11 is 0. The van der Waals surface area contributed by atoms with Gasteiger partial charge in [0, 0.05) is 56.6 Å². The summed E-state index contributed by atoms with van der Waals surface area (Å²) in [5.74, 6) is 0. The molecule has 0 amide bonds. The van der Waals surface area contributed by atoms with Gasteiger partial charge in [0.15, 0.2) is 0 Å². The molecule has 0 unspecified atom stereocenters. The fourth-order valence-corrected chi connectivity index (χ4v) is 10.6. The Balaban J connectivity index is 1.29. The van der Waals surface area contributed by atoms with Gasteiger partial charge in [0.1, 0.15) is 0 Å². The first-order valence-electron chi connectivity index (χ1n) is 28.4. The Bertz CT molecular complexity index is 3700. The van der Waals surface area contributed by atoms with Crippen LogP contribution in [0.25, 0.3) is 11.1 Å². The van der Waals surface area contributed by atoms with E-state index >= 15 is 0 Å². The minimum absolute atomic E-state index is 0.0636. The Morgan fingerprint density at radius 3 is 1.61 bits per heavy atom. The smallest absolute Gasteiger partial charge is 0.252 e. The van der Waals surface area contributed by atoms with Crippen LogP contribution in [0.5, 0.6) is 0 Å². The fourth-order valence-electron chi connectivity index (χ4n) is 10.6. The number of hydrogen-bond donors (Lipinski definition) is 0. The first-order chi connectivity index (χ1) is 36.0. The van der Waals surface area contributed by atoms with Gasteiger partial charge in [-0.05, 0) is 150 Å². The van der Waals surface area contributed by atoms with E-state index in [1.165, 1.54) is 21.6 Å². The zero-order chi connectivity index (χ0) is 55.5. The molecule has 332 valence electrons. The topological polar surface area (TPSA) is 9.72 Å². The van der Waals surface area contributed by atoms with Crippen molar-refractivity contribution in [3.63, 3.8) is 0 Å². The summed E-state index contributed by atoms with van der Waals surface area (Å²) < 4.78 is 89.9. The van der Waals surface area contributed by atoms with Crippen LogP contribution in [0.4, 0.5) is 51.2 Å². The van der Waals surface area contributed by atoms with Crippen molar-refractivity contribution in [1.82, 2.24) is 0 Å². The molecular weight excluding hydrogens is 810 g/mol. The summed E-state index contributed by atoms with van der Waals surface area (Å²) in [7, 11) is 0. The first-order valence-corrected chi connectivity index (χ1v) is 23.4. The number of fused-ring (bicyclic) bond motifs is 7. The monoisotopic (exact) mass is 882 g/mol. The summed E-state index contributed by atoms with van der Waals surface area (Å²) in [4.78, 5) is 5.96. The Morgan fingerprint density at radius 2 is 1.00 bits per heavy atom. The molecule has 0 bridgehead atoms. The number of nitrogens with zero attached hydrogens (tertiary/aromatic N) is 3. The lowest BCUT2D eigenvalue weighted by Crippen LogP contribution is -2.61. The molecule has 0 N–H and O–H groups in total. The lowest BCUT2D eigenvalue weighted by molar-refractivity contribution is 0.589. The summed E-state index contributed by atoms with van der Waals surface area (Å²) in [6.45, 7) is 24.2. The van der Waals surface area contributed by atoms with Gasteiger partial charge < -0.3 is 14.7 Å². The van der Waals surface area contributed by atoms with Crippen LogP contribution in [0.3, 0.4) is 0 Å². The highest BCUT2D eigenvalue weighted by Gasteiger charge is 2.45. The summed E-state index contributed by atoms with van der Waals surface area (Å²) in [6.07, 6.45) is 0. The summed E-state index contributed by atoms with van der Waals surface area (Å²) in [5, 5.41) is 0. The van der Waals surface area contributed by atoms with E-state index in [1.54, 1.807) is 6.07 Å². The second kappa shape index (κ2) is 15.1. The van der Waals surface area contributed by atoms with Crippen molar-refractivity contribution in [1.29, 1.82) is 0 Å². The molecule has 0 fully saturated rings. The van der Waals surface area contributed by atoms with Crippen LogP contribution in [0.1, 0.15) is 118 Å². The average Bonchev–Trinajstić information content (AvgIpc) is 3.62. The first kappa shape index (κ1) is 32.8. The number of anilines is 9. The van der Waals surface area contributed by atoms with Gasteiger partial charge in [0.2, 0.25) is 0 Å². The van der Waals surface area contributed by atoms with Crippen LogP contribution in [-0.2, 0) is 21.7 Å². The molecule has 2 aliphatic heterocycles. The van der Waals surface area contributed by atoms with Crippen LogP contribution in [0, 0.1) is 0 Å².